The maximum atomic E-state index is 13.1. The van der Waals surface area contributed by atoms with Crippen molar-refractivity contribution < 1.29 is 19.3 Å². The van der Waals surface area contributed by atoms with Gasteiger partial charge < -0.3 is 19.8 Å². The van der Waals surface area contributed by atoms with Gasteiger partial charge >= 0.3 is 0 Å². The zero-order chi connectivity index (χ0) is 15.3. The quantitative estimate of drug-likeness (QED) is 0.839. The number of halogens is 1. The lowest BCUT2D eigenvalue weighted by molar-refractivity contribution is -0.0776. The number of hydrogen-bond acceptors (Lipinski definition) is 4. The van der Waals surface area contributed by atoms with Crippen molar-refractivity contribution in [2.75, 3.05) is 33.4 Å². The van der Waals surface area contributed by atoms with Crippen LogP contribution in [-0.4, -0.2) is 54.1 Å². The number of ether oxygens (including phenoxy) is 1. The molecule has 0 aromatic heterocycles. The van der Waals surface area contributed by atoms with Crippen LogP contribution < -0.4 is 0 Å². The van der Waals surface area contributed by atoms with Crippen molar-refractivity contribution in [1.82, 2.24) is 4.90 Å². The summed E-state index contributed by atoms with van der Waals surface area (Å²) in [5.41, 5.74) is -0.107. The van der Waals surface area contributed by atoms with Crippen molar-refractivity contribution in [3.05, 3.63) is 35.6 Å². The standard InChI is InChI=1S/C16H24FNO3/c1-18(12-16(20)6-9-21-10-7-16)8-5-15(19)13-3-2-4-14(17)11-13/h2-4,11,15,19-20H,5-10,12H2,1H3. The van der Waals surface area contributed by atoms with E-state index in [-0.39, 0.29) is 5.82 Å². The maximum absolute atomic E-state index is 13.1. The van der Waals surface area contributed by atoms with Gasteiger partial charge in [0.1, 0.15) is 5.82 Å². The van der Waals surface area contributed by atoms with E-state index in [9.17, 15) is 14.6 Å². The van der Waals surface area contributed by atoms with E-state index in [1.165, 1.54) is 12.1 Å². The van der Waals surface area contributed by atoms with Gasteiger partial charge in [0, 0.05) is 39.1 Å². The van der Waals surface area contributed by atoms with Gasteiger partial charge in [-0.25, -0.2) is 4.39 Å². The second-order valence-electron chi connectivity index (χ2n) is 5.93. The smallest absolute Gasteiger partial charge is 0.123 e. The number of benzene rings is 1. The monoisotopic (exact) mass is 297 g/mol. The van der Waals surface area contributed by atoms with Gasteiger partial charge in [-0.2, -0.15) is 0 Å². The second kappa shape index (κ2) is 7.31. The predicted molar refractivity (Wildman–Crippen MR) is 78.5 cm³/mol. The molecule has 1 fully saturated rings. The van der Waals surface area contributed by atoms with Crippen molar-refractivity contribution in [2.24, 2.45) is 0 Å². The summed E-state index contributed by atoms with van der Waals surface area (Å²) < 4.78 is 18.4. The van der Waals surface area contributed by atoms with Gasteiger partial charge in [0.25, 0.3) is 0 Å². The summed E-state index contributed by atoms with van der Waals surface area (Å²) in [7, 11) is 1.92. The molecule has 0 bridgehead atoms. The maximum Gasteiger partial charge on any atom is 0.123 e. The lowest BCUT2D eigenvalue weighted by Crippen LogP contribution is -2.46. The normalized spacial score (nSPS) is 19.7. The molecule has 2 rings (SSSR count). The first-order valence-electron chi connectivity index (χ1n) is 7.41. The van der Waals surface area contributed by atoms with E-state index < -0.39 is 11.7 Å². The highest BCUT2D eigenvalue weighted by Gasteiger charge is 2.30. The lowest BCUT2D eigenvalue weighted by Gasteiger charge is -2.35. The van der Waals surface area contributed by atoms with Gasteiger partial charge in [0.2, 0.25) is 0 Å². The molecule has 1 saturated heterocycles. The van der Waals surface area contributed by atoms with Crippen molar-refractivity contribution in [2.45, 2.75) is 31.0 Å². The zero-order valence-corrected chi connectivity index (χ0v) is 12.5. The summed E-state index contributed by atoms with van der Waals surface area (Å²) >= 11 is 0. The SMILES string of the molecule is CN(CCC(O)c1cccc(F)c1)CC1(O)CCOCC1. The Balaban J connectivity index is 1.79. The van der Waals surface area contributed by atoms with Crippen LogP contribution in [0, 0.1) is 5.82 Å². The summed E-state index contributed by atoms with van der Waals surface area (Å²) in [5.74, 6) is -0.337. The fourth-order valence-corrected chi connectivity index (χ4v) is 2.71. The molecule has 1 aromatic rings. The molecule has 1 unspecified atom stereocenters. The highest BCUT2D eigenvalue weighted by atomic mass is 19.1. The summed E-state index contributed by atoms with van der Waals surface area (Å²) in [6.45, 7) is 2.39. The van der Waals surface area contributed by atoms with E-state index in [0.29, 0.717) is 51.1 Å². The van der Waals surface area contributed by atoms with E-state index in [2.05, 4.69) is 0 Å². The molecular weight excluding hydrogens is 273 g/mol. The van der Waals surface area contributed by atoms with Crippen LogP contribution in [0.2, 0.25) is 0 Å². The topological polar surface area (TPSA) is 52.9 Å². The van der Waals surface area contributed by atoms with E-state index >= 15 is 0 Å². The Labute approximate surface area is 125 Å². The molecule has 118 valence electrons. The predicted octanol–water partition coefficient (Wildman–Crippen LogP) is 1.72. The number of aliphatic hydroxyl groups is 2. The average molecular weight is 297 g/mol. The van der Waals surface area contributed by atoms with Gasteiger partial charge in [0.05, 0.1) is 11.7 Å². The Morgan fingerprint density at radius 1 is 1.38 bits per heavy atom. The van der Waals surface area contributed by atoms with Crippen LogP contribution in [0.25, 0.3) is 0 Å². The van der Waals surface area contributed by atoms with Crippen molar-refractivity contribution >= 4 is 0 Å². The van der Waals surface area contributed by atoms with Crippen LogP contribution in [0.4, 0.5) is 4.39 Å². The highest BCUT2D eigenvalue weighted by molar-refractivity contribution is 5.18. The van der Waals surface area contributed by atoms with E-state index in [1.807, 2.05) is 11.9 Å². The fourth-order valence-electron chi connectivity index (χ4n) is 2.71. The number of rotatable bonds is 6. The number of likely N-dealkylation sites (N-methyl/N-ethyl adjacent to an activating group) is 1. The second-order valence-corrected chi connectivity index (χ2v) is 5.93. The van der Waals surface area contributed by atoms with E-state index in [0.717, 1.165) is 0 Å². The van der Waals surface area contributed by atoms with E-state index in [1.54, 1.807) is 12.1 Å². The molecule has 0 saturated carbocycles. The van der Waals surface area contributed by atoms with Gasteiger partial charge in [-0.15, -0.1) is 0 Å². The van der Waals surface area contributed by atoms with Crippen LogP contribution in [0.3, 0.4) is 0 Å². The molecule has 4 nitrogen and oxygen atoms in total. The lowest BCUT2D eigenvalue weighted by atomic mass is 9.94. The molecule has 0 spiro atoms. The third kappa shape index (κ3) is 5.04. The first-order valence-corrected chi connectivity index (χ1v) is 7.41. The molecule has 1 atom stereocenters. The van der Waals surface area contributed by atoms with Crippen LogP contribution >= 0.6 is 0 Å². The highest BCUT2D eigenvalue weighted by Crippen LogP contribution is 2.22. The molecule has 2 N–H and O–H groups in total. The molecule has 1 aliphatic rings. The van der Waals surface area contributed by atoms with E-state index in [4.69, 9.17) is 4.74 Å². The molecule has 0 amide bonds. The number of nitrogens with zero attached hydrogens (tertiary/aromatic N) is 1. The third-order valence-corrected chi connectivity index (χ3v) is 4.01. The minimum absolute atomic E-state index is 0.337. The molecule has 1 aromatic carbocycles. The van der Waals surface area contributed by atoms with Gasteiger partial charge in [-0.3, -0.25) is 0 Å². The minimum Gasteiger partial charge on any atom is -0.388 e. The Bertz CT molecular complexity index is 449. The zero-order valence-electron chi connectivity index (χ0n) is 12.5. The molecule has 21 heavy (non-hydrogen) atoms. The van der Waals surface area contributed by atoms with Crippen molar-refractivity contribution in [1.29, 1.82) is 0 Å². The molecular formula is C16H24FNO3. The van der Waals surface area contributed by atoms with Crippen molar-refractivity contribution in [3.8, 4) is 0 Å². The Morgan fingerprint density at radius 2 is 2.10 bits per heavy atom. The molecule has 1 heterocycles. The summed E-state index contributed by atoms with van der Waals surface area (Å²) in [6.07, 6.45) is 1.10. The Hall–Kier alpha value is -1.01. The fraction of sp³-hybridized carbons (Fsp3) is 0.625. The Kier molecular flexibility index (Phi) is 5.70. The van der Waals surface area contributed by atoms with Crippen LogP contribution in [-0.2, 0) is 4.74 Å². The van der Waals surface area contributed by atoms with Crippen LogP contribution in [0.15, 0.2) is 24.3 Å². The van der Waals surface area contributed by atoms with Crippen molar-refractivity contribution in [3.63, 3.8) is 0 Å². The Morgan fingerprint density at radius 3 is 2.76 bits per heavy atom. The molecule has 0 aliphatic carbocycles. The summed E-state index contributed by atoms with van der Waals surface area (Å²) in [5, 5.41) is 20.5. The van der Waals surface area contributed by atoms with Crippen LogP contribution in [0.5, 0.6) is 0 Å². The van der Waals surface area contributed by atoms with Gasteiger partial charge in [0.15, 0.2) is 0 Å². The van der Waals surface area contributed by atoms with Gasteiger partial charge in [-0.1, -0.05) is 12.1 Å². The molecule has 0 radical (unpaired) electrons. The van der Waals surface area contributed by atoms with Crippen LogP contribution in [0.1, 0.15) is 30.9 Å². The summed E-state index contributed by atoms with van der Waals surface area (Å²) in [4.78, 5) is 2.01. The first kappa shape index (κ1) is 16.4. The third-order valence-electron chi connectivity index (χ3n) is 4.01. The largest absolute Gasteiger partial charge is 0.388 e. The number of aliphatic hydroxyl groups excluding tert-OH is 1. The molecule has 1 aliphatic heterocycles. The number of hydrogen-bond donors (Lipinski definition) is 2. The minimum atomic E-state index is -0.698. The average Bonchev–Trinajstić information content (AvgIpc) is 2.45. The molecule has 5 heteroatoms. The first-order chi connectivity index (χ1) is 9.98. The van der Waals surface area contributed by atoms with Gasteiger partial charge in [-0.05, 0) is 31.2 Å². The summed E-state index contributed by atoms with van der Waals surface area (Å²) in [6, 6.07) is 6.04.